The van der Waals surface area contributed by atoms with Gasteiger partial charge in [-0.3, -0.25) is 9.36 Å². The van der Waals surface area contributed by atoms with Gasteiger partial charge in [-0.05, 0) is 42.1 Å². The predicted octanol–water partition coefficient (Wildman–Crippen LogP) is 3.92. The van der Waals surface area contributed by atoms with Crippen LogP contribution >= 0.6 is 27.5 Å². The quantitative estimate of drug-likeness (QED) is 0.599. The second kappa shape index (κ2) is 7.11. The molecule has 0 spiro atoms. The fourth-order valence-electron chi connectivity index (χ4n) is 2.61. The van der Waals surface area contributed by atoms with Crippen LogP contribution in [0, 0.1) is 18.7 Å². The summed E-state index contributed by atoms with van der Waals surface area (Å²) in [4.78, 5) is 18.3. The van der Waals surface area contributed by atoms with Crippen LogP contribution in [0.25, 0.3) is 10.2 Å². The largest absolute Gasteiger partial charge is 0.292 e. The summed E-state index contributed by atoms with van der Waals surface area (Å²) in [6.45, 7) is 4.21. The van der Waals surface area contributed by atoms with Gasteiger partial charge >= 0.3 is 0 Å². The maximum atomic E-state index is 13.5. The monoisotopic (exact) mass is 409 g/mol. The molecule has 24 heavy (non-hydrogen) atoms. The van der Waals surface area contributed by atoms with Gasteiger partial charge in [-0.25, -0.2) is 9.37 Å². The van der Waals surface area contributed by atoms with Crippen molar-refractivity contribution >= 4 is 37.7 Å². The Morgan fingerprint density at radius 2 is 2.21 bits per heavy atom. The van der Waals surface area contributed by atoms with E-state index in [1.54, 1.807) is 10.6 Å². The number of rotatable bonds is 5. The highest BCUT2D eigenvalue weighted by Crippen LogP contribution is 2.19. The van der Waals surface area contributed by atoms with Crippen LogP contribution in [-0.2, 0) is 13.0 Å². The van der Waals surface area contributed by atoms with Crippen LogP contribution in [0.4, 0.5) is 4.39 Å². The predicted molar refractivity (Wildman–Crippen MR) is 98.6 cm³/mol. The third-order valence-electron chi connectivity index (χ3n) is 3.87. The van der Waals surface area contributed by atoms with Crippen molar-refractivity contribution in [3.05, 3.63) is 57.5 Å². The zero-order valence-electron chi connectivity index (χ0n) is 13.4. The number of halogens is 2. The Hall–Kier alpha value is -1.60. The minimum Gasteiger partial charge on any atom is -0.292 e. The minimum absolute atomic E-state index is 0.104. The van der Waals surface area contributed by atoms with Crippen LogP contribution in [0.2, 0.25) is 0 Å². The molecule has 0 bridgehead atoms. The topological polar surface area (TPSA) is 47.8 Å². The second-order valence-electron chi connectivity index (χ2n) is 5.96. The molecule has 7 heteroatoms. The number of hydrogen-bond acceptors (Lipinski definition) is 4. The number of nitrogens with zero attached hydrogens (tertiary/aromatic N) is 3. The summed E-state index contributed by atoms with van der Waals surface area (Å²) < 4.78 is 19.4. The summed E-state index contributed by atoms with van der Waals surface area (Å²) in [5.41, 5.74) is 1.33. The summed E-state index contributed by atoms with van der Waals surface area (Å²) in [5, 5.41) is 1.38. The fraction of sp³-hybridized carbons (Fsp3) is 0.353. The van der Waals surface area contributed by atoms with E-state index >= 15 is 0 Å². The first-order chi connectivity index (χ1) is 11.5. The van der Waals surface area contributed by atoms with Crippen molar-refractivity contribution in [2.24, 2.45) is 5.92 Å². The molecule has 0 aliphatic heterocycles. The lowest BCUT2D eigenvalue weighted by molar-refractivity contribution is 0.580. The molecule has 3 aromatic rings. The van der Waals surface area contributed by atoms with Gasteiger partial charge in [0, 0.05) is 11.8 Å². The van der Waals surface area contributed by atoms with Gasteiger partial charge in [0.15, 0.2) is 4.83 Å². The van der Waals surface area contributed by atoms with E-state index in [2.05, 4.69) is 32.2 Å². The molecule has 2 aromatic heterocycles. The van der Waals surface area contributed by atoms with Crippen molar-refractivity contribution in [2.45, 2.75) is 26.8 Å². The molecule has 1 atom stereocenters. The molecule has 0 saturated carbocycles. The summed E-state index contributed by atoms with van der Waals surface area (Å²) in [5.74, 6) is 0.743. The van der Waals surface area contributed by atoms with E-state index in [1.165, 1.54) is 23.7 Å². The first-order valence-electron chi connectivity index (χ1n) is 7.65. The average Bonchev–Trinajstić information content (AvgIpc) is 2.92. The second-order valence-corrected chi connectivity index (χ2v) is 7.36. The fourth-order valence-corrected chi connectivity index (χ4v) is 3.63. The number of aromatic nitrogens is 3. The van der Waals surface area contributed by atoms with Crippen LogP contribution in [0.3, 0.4) is 0 Å². The molecular weight excluding hydrogens is 393 g/mol. The highest BCUT2D eigenvalue weighted by atomic mass is 79.9. The Balaban J connectivity index is 2.14. The molecule has 0 N–H and O–H groups in total. The van der Waals surface area contributed by atoms with Crippen molar-refractivity contribution in [2.75, 3.05) is 5.33 Å². The summed E-state index contributed by atoms with van der Waals surface area (Å²) in [6.07, 6.45) is 0.669. The van der Waals surface area contributed by atoms with Crippen molar-refractivity contribution in [1.82, 2.24) is 13.9 Å². The molecule has 0 amide bonds. The van der Waals surface area contributed by atoms with E-state index in [9.17, 15) is 9.18 Å². The van der Waals surface area contributed by atoms with E-state index in [1.807, 2.05) is 13.0 Å². The molecule has 4 nitrogen and oxygen atoms in total. The molecule has 0 fully saturated rings. The van der Waals surface area contributed by atoms with Gasteiger partial charge in [0.1, 0.15) is 11.6 Å². The molecule has 0 saturated heterocycles. The van der Waals surface area contributed by atoms with Crippen LogP contribution in [0.1, 0.15) is 24.0 Å². The lowest BCUT2D eigenvalue weighted by Gasteiger charge is -2.15. The normalized spacial score (nSPS) is 12.7. The van der Waals surface area contributed by atoms with Crippen LogP contribution in [0.5, 0.6) is 0 Å². The lowest BCUT2D eigenvalue weighted by atomic mass is 10.1. The van der Waals surface area contributed by atoms with Crippen molar-refractivity contribution in [3.8, 4) is 0 Å². The number of alkyl halides is 1. The maximum Gasteiger partial charge on any atom is 0.264 e. The maximum absolute atomic E-state index is 13.5. The van der Waals surface area contributed by atoms with E-state index in [4.69, 9.17) is 0 Å². The highest BCUT2D eigenvalue weighted by molar-refractivity contribution is 9.09. The summed E-state index contributed by atoms with van der Waals surface area (Å²) >= 11 is 4.72. The Morgan fingerprint density at radius 3 is 2.92 bits per heavy atom. The van der Waals surface area contributed by atoms with Gasteiger partial charge in [-0.1, -0.05) is 35.0 Å². The molecule has 1 aromatic carbocycles. The Morgan fingerprint density at radius 1 is 1.42 bits per heavy atom. The molecular formula is C17H17BrFN3OS. The van der Waals surface area contributed by atoms with Gasteiger partial charge in [0.05, 0.1) is 17.6 Å². The molecule has 3 rings (SSSR count). The van der Waals surface area contributed by atoms with E-state index in [0.717, 1.165) is 10.9 Å². The van der Waals surface area contributed by atoms with Crippen LogP contribution in [-0.4, -0.2) is 19.3 Å². The minimum atomic E-state index is -0.307. The summed E-state index contributed by atoms with van der Waals surface area (Å²) in [6, 6.07) is 6.32. The zero-order valence-corrected chi connectivity index (χ0v) is 15.8. The van der Waals surface area contributed by atoms with Gasteiger partial charge < -0.3 is 0 Å². The Bertz CT molecular complexity index is 937. The third-order valence-corrected chi connectivity index (χ3v) is 5.81. The number of benzene rings is 1. The SMILES string of the molecule is Cc1nsc2nc(CC(C)CBr)n(Cc3cccc(F)c3)c(=O)c12. The smallest absolute Gasteiger partial charge is 0.264 e. The van der Waals surface area contributed by atoms with Gasteiger partial charge in [-0.15, -0.1) is 0 Å². The van der Waals surface area contributed by atoms with Crippen molar-refractivity contribution < 1.29 is 4.39 Å². The van der Waals surface area contributed by atoms with Gasteiger partial charge in [-0.2, -0.15) is 4.37 Å². The third kappa shape index (κ3) is 3.42. The number of hydrogen-bond donors (Lipinski definition) is 0. The number of aryl methyl sites for hydroxylation is 1. The highest BCUT2D eigenvalue weighted by Gasteiger charge is 2.17. The summed E-state index contributed by atoms with van der Waals surface area (Å²) in [7, 11) is 0. The lowest BCUT2D eigenvalue weighted by Crippen LogP contribution is -2.27. The Kier molecular flexibility index (Phi) is 5.10. The average molecular weight is 410 g/mol. The zero-order chi connectivity index (χ0) is 17.3. The van der Waals surface area contributed by atoms with Gasteiger partial charge in [0.25, 0.3) is 5.56 Å². The van der Waals surface area contributed by atoms with E-state index in [-0.39, 0.29) is 11.4 Å². The van der Waals surface area contributed by atoms with Gasteiger partial charge in [0.2, 0.25) is 0 Å². The Labute approximate surface area is 151 Å². The molecule has 0 aliphatic rings. The molecule has 0 radical (unpaired) electrons. The molecule has 1 unspecified atom stereocenters. The molecule has 126 valence electrons. The van der Waals surface area contributed by atoms with Crippen molar-refractivity contribution in [1.29, 1.82) is 0 Å². The van der Waals surface area contributed by atoms with E-state index in [0.29, 0.717) is 40.6 Å². The molecule has 0 aliphatic carbocycles. The van der Waals surface area contributed by atoms with E-state index < -0.39 is 0 Å². The first kappa shape index (κ1) is 17.2. The standard InChI is InChI=1S/C17H17BrFN3OS/c1-10(8-18)6-14-20-16-15(11(2)21-24-16)17(23)22(14)9-12-4-3-5-13(19)7-12/h3-5,7,10H,6,8-9H2,1-2H3. The van der Waals surface area contributed by atoms with Crippen LogP contribution < -0.4 is 5.56 Å². The molecule has 2 heterocycles. The van der Waals surface area contributed by atoms with Crippen LogP contribution in [0.15, 0.2) is 29.1 Å². The first-order valence-corrected chi connectivity index (χ1v) is 9.55. The number of fused-ring (bicyclic) bond motifs is 1. The van der Waals surface area contributed by atoms with Crippen molar-refractivity contribution in [3.63, 3.8) is 0 Å².